The zero-order valence-electron chi connectivity index (χ0n) is 9.69. The number of rotatable bonds is 6. The Labute approximate surface area is 111 Å². The van der Waals surface area contributed by atoms with Gasteiger partial charge in [-0.25, -0.2) is 12.8 Å². The summed E-state index contributed by atoms with van der Waals surface area (Å²) in [7, 11) is -4.61. The largest absolute Gasteiger partial charge is 0.480 e. The molecule has 110 valence electrons. The summed E-state index contributed by atoms with van der Waals surface area (Å²) in [5.74, 6) is -2.69. The average Bonchev–Trinajstić information content (AvgIpc) is 2.35. The Kier molecular flexibility index (Phi) is 4.70. The van der Waals surface area contributed by atoms with Crippen molar-refractivity contribution < 1.29 is 32.7 Å². The number of hydrogen-bond donors (Lipinski definition) is 3. The predicted octanol–water partition coefficient (Wildman–Crippen LogP) is -0.542. The van der Waals surface area contributed by atoms with Gasteiger partial charge in [-0.2, -0.15) is 4.72 Å². The quantitative estimate of drug-likeness (QED) is 0.472. The van der Waals surface area contributed by atoms with E-state index in [1.165, 1.54) is 0 Å². The summed E-state index contributed by atoms with van der Waals surface area (Å²) in [6.45, 7) is -1.05. The third-order valence-electron chi connectivity index (χ3n) is 2.19. The molecule has 3 N–H and O–H groups in total. The molecule has 0 aromatic heterocycles. The Balaban J connectivity index is 3.29. The molecule has 0 saturated heterocycles. The number of nitrogens with one attached hydrogen (secondary N) is 1. The molecule has 0 amide bonds. The third kappa shape index (κ3) is 3.46. The highest BCUT2D eigenvalue weighted by molar-refractivity contribution is 7.89. The summed E-state index contributed by atoms with van der Waals surface area (Å²) in [5, 5.41) is 28.0. The van der Waals surface area contributed by atoms with Gasteiger partial charge in [0.15, 0.2) is 4.90 Å². The number of aliphatic carboxylic acids is 1. The number of aliphatic hydroxyl groups excluding tert-OH is 1. The van der Waals surface area contributed by atoms with E-state index in [4.69, 9.17) is 10.2 Å². The zero-order chi connectivity index (χ0) is 15.5. The molecular formula is C9H9FN2O7S. The van der Waals surface area contributed by atoms with Crippen LogP contribution in [0.4, 0.5) is 10.1 Å². The lowest BCUT2D eigenvalue weighted by Crippen LogP contribution is -2.43. The molecule has 9 nitrogen and oxygen atoms in total. The number of hydrogen-bond acceptors (Lipinski definition) is 6. The number of carboxylic acid groups (broad SMARTS) is 1. The van der Waals surface area contributed by atoms with Gasteiger partial charge in [-0.1, -0.05) is 0 Å². The van der Waals surface area contributed by atoms with E-state index in [-0.39, 0.29) is 0 Å². The van der Waals surface area contributed by atoms with Crippen molar-refractivity contribution in [3.63, 3.8) is 0 Å². The summed E-state index contributed by atoms with van der Waals surface area (Å²) >= 11 is 0. The summed E-state index contributed by atoms with van der Waals surface area (Å²) in [5.41, 5.74) is -1.04. The van der Waals surface area contributed by atoms with E-state index in [9.17, 15) is 27.7 Å². The fourth-order valence-corrected chi connectivity index (χ4v) is 2.61. The molecule has 1 aromatic rings. The predicted molar refractivity (Wildman–Crippen MR) is 61.9 cm³/mol. The van der Waals surface area contributed by atoms with E-state index in [2.05, 4.69) is 0 Å². The Bertz CT molecular complexity index is 646. The Morgan fingerprint density at radius 1 is 1.50 bits per heavy atom. The summed E-state index contributed by atoms with van der Waals surface area (Å²) in [4.78, 5) is 19.3. The van der Waals surface area contributed by atoms with E-state index in [0.29, 0.717) is 18.2 Å². The van der Waals surface area contributed by atoms with Crippen LogP contribution in [0.5, 0.6) is 0 Å². The number of carbonyl (C=O) groups is 1. The number of aliphatic hydroxyl groups is 1. The van der Waals surface area contributed by atoms with Crippen molar-refractivity contribution in [2.75, 3.05) is 6.61 Å². The van der Waals surface area contributed by atoms with Crippen LogP contribution in [-0.2, 0) is 14.8 Å². The van der Waals surface area contributed by atoms with Crippen LogP contribution in [-0.4, -0.2) is 42.2 Å². The molecule has 0 unspecified atom stereocenters. The van der Waals surface area contributed by atoms with Crippen LogP contribution < -0.4 is 4.72 Å². The summed E-state index contributed by atoms with van der Waals surface area (Å²) < 4.78 is 38.1. The van der Waals surface area contributed by atoms with E-state index in [0.717, 1.165) is 0 Å². The number of carboxylic acids is 1. The van der Waals surface area contributed by atoms with Gasteiger partial charge in [0.2, 0.25) is 10.0 Å². The molecule has 11 heteroatoms. The third-order valence-corrected chi connectivity index (χ3v) is 3.70. The molecule has 0 radical (unpaired) electrons. The van der Waals surface area contributed by atoms with Crippen LogP contribution in [0.1, 0.15) is 0 Å². The minimum Gasteiger partial charge on any atom is -0.480 e. The number of nitrogens with zero attached hydrogens (tertiary/aromatic N) is 1. The highest BCUT2D eigenvalue weighted by Gasteiger charge is 2.30. The van der Waals surface area contributed by atoms with Gasteiger partial charge in [-0.3, -0.25) is 14.9 Å². The van der Waals surface area contributed by atoms with Gasteiger partial charge in [0.25, 0.3) is 5.69 Å². The van der Waals surface area contributed by atoms with E-state index in [1.54, 1.807) is 4.72 Å². The maximum Gasteiger partial charge on any atom is 0.324 e. The lowest BCUT2D eigenvalue weighted by atomic mass is 10.3. The first-order chi connectivity index (χ1) is 9.19. The molecule has 0 saturated carbocycles. The molecule has 0 bridgehead atoms. The number of sulfonamides is 1. The topological polar surface area (TPSA) is 147 Å². The Morgan fingerprint density at radius 2 is 2.10 bits per heavy atom. The molecule has 1 rings (SSSR count). The maximum absolute atomic E-state index is 12.9. The molecule has 0 aliphatic heterocycles. The summed E-state index contributed by atoms with van der Waals surface area (Å²) in [6.07, 6.45) is 0. The molecule has 20 heavy (non-hydrogen) atoms. The first kappa shape index (κ1) is 15.9. The second-order valence-corrected chi connectivity index (χ2v) is 5.25. The molecule has 0 aliphatic carbocycles. The smallest absolute Gasteiger partial charge is 0.324 e. The lowest BCUT2D eigenvalue weighted by molar-refractivity contribution is -0.388. The molecule has 0 spiro atoms. The van der Waals surface area contributed by atoms with Gasteiger partial charge in [-0.05, 0) is 12.1 Å². The molecular weight excluding hydrogens is 299 g/mol. The molecule has 0 fully saturated rings. The van der Waals surface area contributed by atoms with Gasteiger partial charge in [0, 0.05) is 0 Å². The molecule has 1 aromatic carbocycles. The van der Waals surface area contributed by atoms with Gasteiger partial charge in [0.05, 0.1) is 17.6 Å². The van der Waals surface area contributed by atoms with Crippen molar-refractivity contribution in [2.45, 2.75) is 10.9 Å². The number of nitro groups is 1. The number of nitro benzene ring substituents is 1. The van der Waals surface area contributed by atoms with Crippen LogP contribution >= 0.6 is 0 Å². The van der Waals surface area contributed by atoms with E-state index >= 15 is 0 Å². The monoisotopic (exact) mass is 308 g/mol. The SMILES string of the molecule is O=C(O)[C@H](CO)NS(=O)(=O)c1ccc(F)cc1[N+](=O)[O-]. The fourth-order valence-electron chi connectivity index (χ4n) is 1.28. The van der Waals surface area contributed by atoms with Crippen LogP contribution in [0.3, 0.4) is 0 Å². The first-order valence-electron chi connectivity index (χ1n) is 4.99. The van der Waals surface area contributed by atoms with Gasteiger partial charge in [0.1, 0.15) is 11.9 Å². The second-order valence-electron chi connectivity index (χ2n) is 3.56. The highest BCUT2D eigenvalue weighted by atomic mass is 32.2. The first-order valence-corrected chi connectivity index (χ1v) is 6.47. The van der Waals surface area contributed by atoms with Gasteiger partial charge in [-0.15, -0.1) is 0 Å². The zero-order valence-corrected chi connectivity index (χ0v) is 10.5. The maximum atomic E-state index is 12.9. The molecule has 0 aliphatic rings. The van der Waals surface area contributed by atoms with Gasteiger partial charge >= 0.3 is 5.97 Å². The van der Waals surface area contributed by atoms with Crippen LogP contribution in [0.2, 0.25) is 0 Å². The van der Waals surface area contributed by atoms with Crippen LogP contribution in [0.15, 0.2) is 23.1 Å². The van der Waals surface area contributed by atoms with Crippen molar-refractivity contribution >= 4 is 21.7 Å². The van der Waals surface area contributed by atoms with E-state index < -0.39 is 50.0 Å². The van der Waals surface area contributed by atoms with Crippen molar-refractivity contribution in [3.05, 3.63) is 34.1 Å². The van der Waals surface area contributed by atoms with Crippen LogP contribution in [0, 0.1) is 15.9 Å². The number of benzene rings is 1. The normalized spacial score (nSPS) is 12.9. The van der Waals surface area contributed by atoms with Gasteiger partial charge < -0.3 is 10.2 Å². The van der Waals surface area contributed by atoms with Crippen molar-refractivity contribution in [2.24, 2.45) is 0 Å². The second kappa shape index (κ2) is 5.90. The minimum absolute atomic E-state index is 0.392. The Morgan fingerprint density at radius 3 is 2.55 bits per heavy atom. The van der Waals surface area contributed by atoms with Crippen LogP contribution in [0.25, 0.3) is 0 Å². The standard InChI is InChI=1S/C9H9FN2O7S/c10-5-1-2-8(7(3-5)12(16)17)20(18,19)11-6(4-13)9(14)15/h1-3,6,11,13H,4H2,(H,14,15)/t6-/m0/s1. The Hall–Kier alpha value is -2.11. The minimum atomic E-state index is -4.61. The summed E-state index contributed by atoms with van der Waals surface area (Å²) in [6, 6.07) is -0.171. The lowest BCUT2D eigenvalue weighted by Gasteiger charge is -2.12. The van der Waals surface area contributed by atoms with E-state index in [1.807, 2.05) is 0 Å². The molecule has 0 heterocycles. The average molecular weight is 308 g/mol. The molecule has 1 atom stereocenters. The fraction of sp³-hybridized carbons (Fsp3) is 0.222. The van der Waals surface area contributed by atoms with Crippen molar-refractivity contribution in [1.29, 1.82) is 0 Å². The number of halogens is 1. The van der Waals surface area contributed by atoms with Crippen molar-refractivity contribution in [1.82, 2.24) is 4.72 Å². The van der Waals surface area contributed by atoms with Crippen molar-refractivity contribution in [3.8, 4) is 0 Å². The highest BCUT2D eigenvalue weighted by Crippen LogP contribution is 2.24.